The minimum absolute atomic E-state index is 0.0398. The summed E-state index contributed by atoms with van der Waals surface area (Å²) in [4.78, 5) is 0. The first-order valence-electron chi connectivity index (χ1n) is 4.16. The molecule has 3 nitrogen and oxygen atoms in total. The predicted molar refractivity (Wildman–Crippen MR) is 53.3 cm³/mol. The van der Waals surface area contributed by atoms with Gasteiger partial charge >= 0.3 is 0 Å². The van der Waals surface area contributed by atoms with Gasteiger partial charge in [-0.2, -0.15) is 5.26 Å². The minimum atomic E-state index is -1.49. The van der Waals surface area contributed by atoms with Gasteiger partial charge in [0.15, 0.2) is 0 Å². The van der Waals surface area contributed by atoms with Gasteiger partial charge in [-0.25, -0.2) is 0 Å². The summed E-state index contributed by atoms with van der Waals surface area (Å²) in [6.07, 6.45) is 0. The van der Waals surface area contributed by atoms with Crippen LogP contribution in [0.4, 0.5) is 0 Å². The molecule has 72 valence electrons. The number of hydrogen-bond donors (Lipinski definition) is 1. The van der Waals surface area contributed by atoms with Gasteiger partial charge in [-0.1, -0.05) is 22.0 Å². The molecule has 1 aromatic carbocycles. The molecule has 0 aromatic heterocycles. The third-order valence-corrected chi connectivity index (χ3v) is 2.76. The highest BCUT2D eigenvalue weighted by Crippen LogP contribution is 2.31. The van der Waals surface area contributed by atoms with Gasteiger partial charge in [0.25, 0.3) is 0 Å². The quantitative estimate of drug-likeness (QED) is 0.717. The number of aliphatic hydroxyl groups is 1. The van der Waals surface area contributed by atoms with Crippen LogP contribution in [0.5, 0.6) is 0 Å². The molecule has 1 aromatic rings. The second-order valence-electron chi connectivity index (χ2n) is 3.27. The van der Waals surface area contributed by atoms with Crippen LogP contribution in [0.2, 0.25) is 0 Å². The van der Waals surface area contributed by atoms with Crippen LogP contribution < -0.4 is 0 Å². The molecule has 1 atom stereocenters. The monoisotopic (exact) mass is 253 g/mol. The zero-order valence-corrected chi connectivity index (χ0v) is 8.91. The van der Waals surface area contributed by atoms with Crippen molar-refractivity contribution in [1.29, 1.82) is 5.26 Å². The second-order valence-corrected chi connectivity index (χ2v) is 4.18. The molecule has 14 heavy (non-hydrogen) atoms. The Hall–Kier alpha value is -0.890. The highest BCUT2D eigenvalue weighted by atomic mass is 79.9. The maximum Gasteiger partial charge on any atom is 0.200 e. The summed E-state index contributed by atoms with van der Waals surface area (Å²) in [5.41, 5.74) is 0.0120. The number of benzene rings is 1. The van der Waals surface area contributed by atoms with E-state index >= 15 is 0 Å². The molecule has 0 fully saturated rings. The third-order valence-electron chi connectivity index (χ3n) is 2.27. The van der Waals surface area contributed by atoms with Crippen LogP contribution in [0, 0.1) is 11.3 Å². The lowest BCUT2D eigenvalue weighted by molar-refractivity contribution is -0.0356. The van der Waals surface area contributed by atoms with Gasteiger partial charge in [-0.15, -0.1) is 0 Å². The summed E-state index contributed by atoms with van der Waals surface area (Å²) in [5, 5.41) is 18.8. The van der Waals surface area contributed by atoms with Crippen molar-refractivity contribution in [2.75, 3.05) is 6.61 Å². The first-order chi connectivity index (χ1) is 6.65. The normalized spacial score (nSPS) is 25.2. The predicted octanol–water partition coefficient (Wildman–Crippen LogP) is 1.69. The molecule has 0 saturated heterocycles. The molecular weight excluding hydrogens is 246 g/mol. The van der Waals surface area contributed by atoms with Crippen molar-refractivity contribution in [1.82, 2.24) is 0 Å². The number of ether oxygens (including phenoxy) is 1. The molecule has 4 heteroatoms. The van der Waals surface area contributed by atoms with Crippen molar-refractivity contribution in [3.8, 4) is 6.07 Å². The molecule has 0 amide bonds. The Morgan fingerprint density at radius 2 is 2.36 bits per heavy atom. The van der Waals surface area contributed by atoms with Crippen molar-refractivity contribution in [2.45, 2.75) is 12.2 Å². The van der Waals surface area contributed by atoms with E-state index in [0.29, 0.717) is 12.2 Å². The third kappa shape index (κ3) is 1.44. The van der Waals surface area contributed by atoms with Crippen LogP contribution in [0.25, 0.3) is 0 Å². The van der Waals surface area contributed by atoms with E-state index in [1.54, 1.807) is 6.07 Å². The van der Waals surface area contributed by atoms with Gasteiger partial charge in [-0.3, -0.25) is 0 Å². The smallest absolute Gasteiger partial charge is 0.200 e. The molecular formula is C10H8BrNO2. The number of rotatable bonds is 0. The standard InChI is InChI=1S/C10H8BrNO2/c11-8-1-2-9-7(3-8)4-14-6-10(9,13)5-12/h1-3,13H,4,6H2. The largest absolute Gasteiger partial charge is 0.372 e. The summed E-state index contributed by atoms with van der Waals surface area (Å²) >= 11 is 3.33. The maximum absolute atomic E-state index is 9.92. The Morgan fingerprint density at radius 1 is 1.57 bits per heavy atom. The highest BCUT2D eigenvalue weighted by molar-refractivity contribution is 9.10. The van der Waals surface area contributed by atoms with E-state index in [2.05, 4.69) is 15.9 Å². The fraction of sp³-hybridized carbons (Fsp3) is 0.300. The van der Waals surface area contributed by atoms with Crippen LogP contribution >= 0.6 is 15.9 Å². The van der Waals surface area contributed by atoms with Gasteiger partial charge in [0.05, 0.1) is 13.2 Å². The molecule has 1 aliphatic heterocycles. The Kier molecular flexibility index (Phi) is 2.31. The fourth-order valence-electron chi connectivity index (χ4n) is 1.56. The van der Waals surface area contributed by atoms with E-state index in [-0.39, 0.29) is 6.61 Å². The first-order valence-corrected chi connectivity index (χ1v) is 4.95. The number of nitriles is 1. The van der Waals surface area contributed by atoms with Gasteiger partial charge in [-0.05, 0) is 17.7 Å². The summed E-state index contributed by atoms with van der Waals surface area (Å²) in [6, 6.07) is 7.30. The van der Waals surface area contributed by atoms with Crippen molar-refractivity contribution in [3.63, 3.8) is 0 Å². The molecule has 0 radical (unpaired) electrons. The SMILES string of the molecule is N#CC1(O)COCc2cc(Br)ccc21. The van der Waals surface area contributed by atoms with Crippen LogP contribution in [0.15, 0.2) is 22.7 Å². The van der Waals surface area contributed by atoms with Gasteiger partial charge in [0, 0.05) is 10.0 Å². The van der Waals surface area contributed by atoms with Crippen LogP contribution in [0.1, 0.15) is 11.1 Å². The maximum atomic E-state index is 9.92. The topological polar surface area (TPSA) is 53.2 Å². The van der Waals surface area contributed by atoms with E-state index in [0.717, 1.165) is 10.0 Å². The molecule has 0 aliphatic carbocycles. The second kappa shape index (κ2) is 3.35. The van der Waals surface area contributed by atoms with Crippen LogP contribution in [-0.4, -0.2) is 11.7 Å². The van der Waals surface area contributed by atoms with Crippen LogP contribution in [-0.2, 0) is 16.9 Å². The van der Waals surface area contributed by atoms with Gasteiger partial charge in [0.1, 0.15) is 6.07 Å². The average Bonchev–Trinajstić information content (AvgIpc) is 2.18. The lowest BCUT2D eigenvalue weighted by atomic mass is 9.90. The van der Waals surface area contributed by atoms with Gasteiger partial charge in [0.2, 0.25) is 5.60 Å². The van der Waals surface area contributed by atoms with Gasteiger partial charge < -0.3 is 9.84 Å². The zero-order chi connectivity index (χ0) is 10.2. The zero-order valence-electron chi connectivity index (χ0n) is 7.33. The molecule has 2 rings (SSSR count). The summed E-state index contributed by atoms with van der Waals surface area (Å²) in [5.74, 6) is 0. The number of fused-ring (bicyclic) bond motifs is 1. The Balaban J connectivity index is 2.57. The summed E-state index contributed by atoms with van der Waals surface area (Å²) in [6.45, 7) is 0.483. The lowest BCUT2D eigenvalue weighted by Crippen LogP contribution is -2.34. The molecule has 0 spiro atoms. The molecule has 0 saturated carbocycles. The van der Waals surface area contributed by atoms with Crippen LogP contribution in [0.3, 0.4) is 0 Å². The minimum Gasteiger partial charge on any atom is -0.372 e. The summed E-state index contributed by atoms with van der Waals surface area (Å²) in [7, 11) is 0. The molecule has 1 N–H and O–H groups in total. The molecule has 1 unspecified atom stereocenters. The molecule has 1 aliphatic rings. The lowest BCUT2D eigenvalue weighted by Gasteiger charge is -2.28. The highest BCUT2D eigenvalue weighted by Gasteiger charge is 2.35. The summed E-state index contributed by atoms with van der Waals surface area (Å²) < 4.78 is 6.08. The fourth-order valence-corrected chi connectivity index (χ4v) is 1.97. The van der Waals surface area contributed by atoms with Crippen molar-refractivity contribution in [3.05, 3.63) is 33.8 Å². The Bertz CT molecular complexity index is 413. The van der Waals surface area contributed by atoms with E-state index in [9.17, 15) is 5.11 Å². The Morgan fingerprint density at radius 3 is 3.07 bits per heavy atom. The molecule has 1 heterocycles. The number of hydrogen-bond acceptors (Lipinski definition) is 3. The van der Waals surface area contributed by atoms with Crippen molar-refractivity contribution in [2.24, 2.45) is 0 Å². The number of halogens is 1. The van der Waals surface area contributed by atoms with E-state index in [4.69, 9.17) is 10.00 Å². The first kappa shape index (κ1) is 9.66. The van der Waals surface area contributed by atoms with Crippen molar-refractivity contribution >= 4 is 15.9 Å². The van der Waals surface area contributed by atoms with E-state index in [1.807, 2.05) is 18.2 Å². The Labute approximate surface area is 90.1 Å². The average molecular weight is 254 g/mol. The number of nitrogens with zero attached hydrogens (tertiary/aromatic N) is 1. The van der Waals surface area contributed by atoms with E-state index in [1.165, 1.54) is 0 Å². The van der Waals surface area contributed by atoms with Crippen molar-refractivity contribution < 1.29 is 9.84 Å². The van der Waals surface area contributed by atoms with E-state index < -0.39 is 5.60 Å². The molecule has 0 bridgehead atoms.